The van der Waals surface area contributed by atoms with Gasteiger partial charge in [-0.3, -0.25) is 20.2 Å². The molecule has 0 atom stereocenters. The molecule has 8 rings (SSSR count). The molecular weight excluding hydrogens is 901 g/mol. The number of hydrogen-bond acceptors (Lipinski definition) is 14. The number of nitrogens with two attached hydrogens (primary N) is 1. The summed E-state index contributed by atoms with van der Waals surface area (Å²) in [5.41, 5.74) is 16.2. The number of carbonyl (C=O) groups excluding carboxylic acids is 2. The van der Waals surface area contributed by atoms with E-state index in [0.717, 1.165) is 73.8 Å². The molecule has 0 saturated carbocycles. The first kappa shape index (κ1) is 51.1. The van der Waals surface area contributed by atoms with Gasteiger partial charge in [-0.25, -0.2) is 15.0 Å². The van der Waals surface area contributed by atoms with E-state index in [-0.39, 0.29) is 31.3 Å². The fraction of sp³-hybridized carbons (Fsp3) is 0.176. The molecule has 15 nitrogen and oxygen atoms in total. The van der Waals surface area contributed by atoms with Gasteiger partial charge in [-0.05, 0) is 147 Å². The lowest BCUT2D eigenvalue weighted by Gasteiger charge is -2.12. The third-order valence-corrected chi connectivity index (χ3v) is 11.2. The molecule has 0 saturated heterocycles. The standard InChI is InChI=1S/C24H20N4O4S.C24H22N4O2S.C2H6O.CH4/c1-14-4-6-18(7-5-14)32-19-10-15(2)22(16(3)11-19)20-13-33-24(26-20)27-23(29)17-8-9-25-21(12-17)28(30)31;1-14-4-6-18(7-5-14)30-19-10-15(2)22(16(3)11-19)20-13-31-24(27-20)28-23(29)17-8-9-26-21(25)12-17;1-2-3;/h4-13H,1-3H3,(H,26,27,29);4-13H,1-3H3,(H2,25,26)(H,27,28,29);3H,2H2,1H3;1H4. The number of aliphatic hydroxyl groups is 1. The minimum absolute atomic E-state index is 0. The summed E-state index contributed by atoms with van der Waals surface area (Å²) in [6, 6.07) is 29.4. The van der Waals surface area contributed by atoms with Gasteiger partial charge < -0.3 is 30.4 Å². The van der Waals surface area contributed by atoms with Crippen molar-refractivity contribution in [1.29, 1.82) is 0 Å². The Morgan fingerprint density at radius 1 is 0.632 bits per heavy atom. The number of thiazole rings is 2. The molecule has 0 aliphatic rings. The number of aromatic nitrogens is 4. The number of carbonyl (C=O) groups is 2. The topological polar surface area (TPSA) is 218 Å². The molecule has 4 aromatic carbocycles. The number of aliphatic hydroxyl groups excluding tert-OH is 1. The van der Waals surface area contributed by atoms with E-state index in [1.165, 1.54) is 58.3 Å². The number of rotatable bonds is 11. The van der Waals surface area contributed by atoms with E-state index >= 15 is 0 Å². The maximum Gasteiger partial charge on any atom is 0.364 e. The third-order valence-electron chi connectivity index (χ3n) is 9.73. The van der Waals surface area contributed by atoms with Gasteiger partial charge in [0.05, 0.1) is 17.0 Å². The molecule has 5 N–H and O–H groups in total. The Morgan fingerprint density at radius 3 is 1.40 bits per heavy atom. The molecule has 68 heavy (non-hydrogen) atoms. The molecule has 0 unspecified atom stereocenters. The number of nitrogens with zero attached hydrogens (tertiary/aromatic N) is 5. The Morgan fingerprint density at radius 2 is 1.01 bits per heavy atom. The summed E-state index contributed by atoms with van der Waals surface area (Å²) >= 11 is 2.66. The first-order valence-corrected chi connectivity index (χ1v) is 22.6. The van der Waals surface area contributed by atoms with E-state index in [2.05, 4.69) is 30.6 Å². The summed E-state index contributed by atoms with van der Waals surface area (Å²) in [7, 11) is 0. The van der Waals surface area contributed by atoms with Crippen LogP contribution >= 0.6 is 22.7 Å². The number of aryl methyl sites for hydroxylation is 6. The first-order valence-electron chi connectivity index (χ1n) is 20.8. The molecule has 4 heterocycles. The van der Waals surface area contributed by atoms with Crippen LogP contribution in [0.15, 0.2) is 120 Å². The van der Waals surface area contributed by atoms with Crippen molar-refractivity contribution in [2.24, 2.45) is 0 Å². The summed E-state index contributed by atoms with van der Waals surface area (Å²) in [6.07, 6.45) is 2.73. The molecule has 350 valence electrons. The monoisotopic (exact) mass is 952 g/mol. The van der Waals surface area contributed by atoms with E-state index in [9.17, 15) is 19.7 Å². The smallest absolute Gasteiger partial charge is 0.364 e. The van der Waals surface area contributed by atoms with Crippen molar-refractivity contribution in [3.8, 4) is 45.5 Å². The molecule has 0 aliphatic carbocycles. The highest BCUT2D eigenvalue weighted by Crippen LogP contribution is 2.36. The van der Waals surface area contributed by atoms with Gasteiger partial charge in [0.2, 0.25) is 0 Å². The van der Waals surface area contributed by atoms with Crippen LogP contribution in [0.1, 0.15) is 68.4 Å². The number of anilines is 3. The minimum Gasteiger partial charge on any atom is -0.457 e. The van der Waals surface area contributed by atoms with E-state index in [0.29, 0.717) is 21.6 Å². The highest BCUT2D eigenvalue weighted by molar-refractivity contribution is 7.14. The summed E-state index contributed by atoms with van der Waals surface area (Å²) in [4.78, 5) is 51.9. The number of amides is 2. The molecule has 4 aromatic heterocycles. The van der Waals surface area contributed by atoms with Crippen LogP contribution in [0.4, 0.5) is 21.9 Å². The van der Waals surface area contributed by atoms with Crippen molar-refractivity contribution in [3.63, 3.8) is 0 Å². The minimum atomic E-state index is -0.643. The Balaban J connectivity index is 0.000000237. The first-order chi connectivity index (χ1) is 32.1. The van der Waals surface area contributed by atoms with Crippen LogP contribution in [0.25, 0.3) is 22.5 Å². The van der Waals surface area contributed by atoms with Crippen molar-refractivity contribution in [2.75, 3.05) is 23.0 Å². The second-order valence-corrected chi connectivity index (χ2v) is 16.8. The van der Waals surface area contributed by atoms with Crippen LogP contribution in [-0.2, 0) is 0 Å². The predicted octanol–water partition coefficient (Wildman–Crippen LogP) is 12.5. The highest BCUT2D eigenvalue weighted by atomic mass is 32.1. The molecule has 2 amide bonds. The maximum atomic E-state index is 12.5. The number of nitrogen functional groups attached to an aromatic ring is 1. The molecule has 0 aliphatic heterocycles. The van der Waals surface area contributed by atoms with Crippen LogP contribution in [-0.4, -0.2) is 48.4 Å². The fourth-order valence-corrected chi connectivity index (χ4v) is 8.13. The van der Waals surface area contributed by atoms with Crippen molar-refractivity contribution in [1.82, 2.24) is 19.9 Å². The number of nitrogens with one attached hydrogen (secondary N) is 2. The molecule has 0 bridgehead atoms. The number of ether oxygens (including phenoxy) is 2. The van der Waals surface area contributed by atoms with Crippen LogP contribution in [0.5, 0.6) is 23.0 Å². The van der Waals surface area contributed by atoms with Gasteiger partial charge in [0.25, 0.3) is 11.8 Å². The Kier molecular flexibility index (Phi) is 17.7. The van der Waals surface area contributed by atoms with E-state index in [4.69, 9.17) is 20.3 Å². The summed E-state index contributed by atoms with van der Waals surface area (Å²) in [6.45, 7) is 14.0. The van der Waals surface area contributed by atoms with Crippen molar-refractivity contribution >= 4 is 56.4 Å². The van der Waals surface area contributed by atoms with Gasteiger partial charge in [-0.1, -0.05) is 42.8 Å². The van der Waals surface area contributed by atoms with E-state index in [1.807, 2.05) is 125 Å². The average molecular weight is 953 g/mol. The second-order valence-electron chi connectivity index (χ2n) is 15.1. The molecule has 17 heteroatoms. The van der Waals surface area contributed by atoms with Gasteiger partial charge in [0.15, 0.2) is 10.3 Å². The summed E-state index contributed by atoms with van der Waals surface area (Å²) in [5, 5.41) is 28.7. The molecular formula is C51H52N8O7S2. The van der Waals surface area contributed by atoms with Gasteiger partial charge in [-0.15, -0.1) is 22.7 Å². The Bertz CT molecular complexity index is 2980. The Labute approximate surface area is 402 Å². The number of benzene rings is 4. The number of pyridine rings is 2. The van der Waals surface area contributed by atoms with Gasteiger partial charge in [0, 0.05) is 46.3 Å². The lowest BCUT2D eigenvalue weighted by molar-refractivity contribution is -0.389. The molecule has 0 radical (unpaired) electrons. The third kappa shape index (κ3) is 13.6. The fourth-order valence-electron chi connectivity index (χ4n) is 6.74. The lowest BCUT2D eigenvalue weighted by atomic mass is 10.0. The Hall–Kier alpha value is -7.86. The van der Waals surface area contributed by atoms with E-state index in [1.54, 1.807) is 13.0 Å². The van der Waals surface area contributed by atoms with Crippen molar-refractivity contribution < 1.29 is 29.1 Å². The van der Waals surface area contributed by atoms with E-state index < -0.39 is 10.8 Å². The van der Waals surface area contributed by atoms with Crippen LogP contribution in [0.3, 0.4) is 0 Å². The largest absolute Gasteiger partial charge is 0.457 e. The van der Waals surface area contributed by atoms with Gasteiger partial charge >= 0.3 is 5.82 Å². The molecule has 0 spiro atoms. The predicted molar refractivity (Wildman–Crippen MR) is 271 cm³/mol. The molecule has 0 fully saturated rings. The highest BCUT2D eigenvalue weighted by Gasteiger charge is 2.18. The second kappa shape index (κ2) is 23.5. The number of nitro groups is 1. The zero-order valence-electron chi connectivity index (χ0n) is 37.8. The van der Waals surface area contributed by atoms with Crippen LogP contribution < -0.4 is 25.8 Å². The maximum absolute atomic E-state index is 12.5. The molecule has 8 aromatic rings. The summed E-state index contributed by atoms with van der Waals surface area (Å²) < 4.78 is 12.0. The van der Waals surface area contributed by atoms with Gasteiger partial charge in [-0.2, -0.15) is 0 Å². The van der Waals surface area contributed by atoms with Crippen LogP contribution in [0, 0.1) is 51.7 Å². The zero-order valence-corrected chi connectivity index (χ0v) is 39.4. The lowest BCUT2D eigenvalue weighted by Crippen LogP contribution is -2.12. The normalized spacial score (nSPS) is 10.3. The van der Waals surface area contributed by atoms with Crippen molar-refractivity contribution in [3.05, 3.63) is 175 Å². The SMILES string of the molecule is C.CCO.Cc1ccc(Oc2cc(C)c(-c3csc(NC(=O)c4ccnc(N)c4)n3)c(C)c2)cc1.Cc1ccc(Oc2cc(C)c(-c3csc(NC(=O)c4ccnc([N+](=O)[O-])c4)n3)c(C)c2)cc1. The average Bonchev–Trinajstić information content (AvgIpc) is 3.95. The quantitative estimate of drug-likeness (QED) is 0.0703. The van der Waals surface area contributed by atoms with Crippen molar-refractivity contribution in [2.45, 2.75) is 55.9 Å². The van der Waals surface area contributed by atoms with Gasteiger partial charge in [0.1, 0.15) is 35.0 Å². The summed E-state index contributed by atoms with van der Waals surface area (Å²) in [5.74, 6) is 2.23. The zero-order chi connectivity index (χ0) is 48.2. The number of hydrogen-bond donors (Lipinski definition) is 4. The van der Waals surface area contributed by atoms with Crippen LogP contribution in [0.2, 0.25) is 0 Å².